The molecule has 0 spiro atoms. The molecular weight excluding hydrogens is 400 g/mol. The van der Waals surface area contributed by atoms with E-state index in [1.807, 2.05) is 25.4 Å². The van der Waals surface area contributed by atoms with E-state index in [0.29, 0.717) is 0 Å². The highest BCUT2D eigenvalue weighted by Crippen LogP contribution is 2.30. The van der Waals surface area contributed by atoms with Crippen molar-refractivity contribution in [2.24, 2.45) is 0 Å². The molecule has 7 heteroatoms. The number of nitrogens with two attached hydrogens (primary N) is 1. The van der Waals surface area contributed by atoms with Crippen molar-refractivity contribution in [3.05, 3.63) is 71.7 Å². The largest absolute Gasteiger partial charge is 0.497 e. The van der Waals surface area contributed by atoms with Crippen molar-refractivity contribution >= 4 is 39.3 Å². The third-order valence-electron chi connectivity index (χ3n) is 5.94. The second-order valence-electron chi connectivity index (χ2n) is 8.09. The third-order valence-corrected chi connectivity index (χ3v) is 5.94. The molecule has 0 bridgehead atoms. The van der Waals surface area contributed by atoms with Crippen LogP contribution in [0.2, 0.25) is 0 Å². The molecule has 0 radical (unpaired) electrons. The molecule has 0 aliphatic heterocycles. The number of H-pyrrole nitrogens is 2. The molecule has 2 aromatic carbocycles. The highest BCUT2D eigenvalue weighted by atomic mass is 16.5. The number of anilines is 3. The number of nitrogens with one attached hydrogen (secondary N) is 2. The second kappa shape index (κ2) is 7.92. The summed E-state index contributed by atoms with van der Waals surface area (Å²) in [5.74, 6) is 1.94. The summed E-state index contributed by atoms with van der Waals surface area (Å²) in [6.07, 6.45) is 5.53. The molecule has 162 valence electrons. The van der Waals surface area contributed by atoms with Crippen molar-refractivity contribution in [1.29, 1.82) is 0 Å². The molecule has 4 N–H and O–H groups in total. The van der Waals surface area contributed by atoms with Gasteiger partial charge in [-0.05, 0) is 67.8 Å². The first-order valence-corrected chi connectivity index (χ1v) is 10.6. The van der Waals surface area contributed by atoms with E-state index in [0.717, 1.165) is 52.4 Å². The standard InChI is InChI=1S/C25H26N6O/c1-15-10-18-11-19(6-8-22(18)29-15)31(2)24-17(14-28-25(26)30-24)5-4-16-13-27-23-9-7-20(32-3)12-21(16)23/h6-14,27,29H,4-5H2,1-3H3,(H2,26,28,30). The van der Waals surface area contributed by atoms with E-state index in [2.05, 4.69) is 68.3 Å². The summed E-state index contributed by atoms with van der Waals surface area (Å²) in [6.45, 7) is 2.06. The number of ether oxygens (including phenoxy) is 1. The average molecular weight is 427 g/mol. The minimum atomic E-state index is 0.269. The van der Waals surface area contributed by atoms with Gasteiger partial charge >= 0.3 is 0 Å². The van der Waals surface area contributed by atoms with Crippen LogP contribution in [-0.4, -0.2) is 34.1 Å². The molecule has 3 heterocycles. The summed E-state index contributed by atoms with van der Waals surface area (Å²) in [5.41, 5.74) is 12.6. The topological polar surface area (TPSA) is 95.8 Å². The highest BCUT2D eigenvalue weighted by Gasteiger charge is 2.15. The Hall–Kier alpha value is -4.00. The van der Waals surface area contributed by atoms with Crippen LogP contribution in [0.5, 0.6) is 5.75 Å². The Bertz CT molecular complexity index is 1420. The van der Waals surface area contributed by atoms with Crippen LogP contribution in [-0.2, 0) is 12.8 Å². The molecule has 3 aromatic heterocycles. The van der Waals surface area contributed by atoms with Crippen LogP contribution < -0.4 is 15.4 Å². The van der Waals surface area contributed by atoms with Crippen molar-refractivity contribution in [3.8, 4) is 5.75 Å². The number of fused-ring (bicyclic) bond motifs is 2. The van der Waals surface area contributed by atoms with E-state index in [1.165, 1.54) is 16.3 Å². The molecule has 0 amide bonds. The summed E-state index contributed by atoms with van der Waals surface area (Å²) in [6, 6.07) is 14.6. The molecule has 7 nitrogen and oxygen atoms in total. The highest BCUT2D eigenvalue weighted by molar-refractivity contribution is 5.86. The zero-order chi connectivity index (χ0) is 22.2. The van der Waals surface area contributed by atoms with E-state index in [-0.39, 0.29) is 5.95 Å². The molecule has 5 rings (SSSR count). The smallest absolute Gasteiger partial charge is 0.221 e. The monoisotopic (exact) mass is 426 g/mol. The summed E-state index contributed by atoms with van der Waals surface area (Å²) < 4.78 is 5.40. The van der Waals surface area contributed by atoms with Crippen LogP contribution in [0.3, 0.4) is 0 Å². The van der Waals surface area contributed by atoms with Gasteiger partial charge in [0, 0.05) is 58.2 Å². The maximum absolute atomic E-state index is 5.96. The number of hydrogen-bond donors (Lipinski definition) is 3. The number of benzene rings is 2. The van der Waals surface area contributed by atoms with Gasteiger partial charge in [-0.2, -0.15) is 4.98 Å². The van der Waals surface area contributed by atoms with Gasteiger partial charge in [-0.1, -0.05) is 0 Å². The normalized spacial score (nSPS) is 11.3. The van der Waals surface area contributed by atoms with Crippen molar-refractivity contribution in [2.45, 2.75) is 19.8 Å². The van der Waals surface area contributed by atoms with Crippen LogP contribution in [0.25, 0.3) is 21.8 Å². The van der Waals surface area contributed by atoms with Crippen molar-refractivity contribution in [3.63, 3.8) is 0 Å². The molecule has 32 heavy (non-hydrogen) atoms. The molecule has 0 saturated carbocycles. The fourth-order valence-electron chi connectivity index (χ4n) is 4.23. The zero-order valence-corrected chi connectivity index (χ0v) is 18.4. The zero-order valence-electron chi connectivity index (χ0n) is 18.4. The SMILES string of the molecule is COc1ccc2[nH]cc(CCc3cnc(N)nc3N(C)c3ccc4[nH]c(C)cc4c3)c2c1. The van der Waals surface area contributed by atoms with Crippen LogP contribution in [0.15, 0.2) is 54.9 Å². The van der Waals surface area contributed by atoms with Gasteiger partial charge in [0.1, 0.15) is 11.6 Å². The van der Waals surface area contributed by atoms with Crippen molar-refractivity contribution < 1.29 is 4.74 Å². The molecule has 5 aromatic rings. The van der Waals surface area contributed by atoms with Crippen LogP contribution in [0.1, 0.15) is 16.8 Å². The fraction of sp³-hybridized carbons (Fsp3) is 0.200. The van der Waals surface area contributed by atoms with Gasteiger partial charge in [-0.25, -0.2) is 4.98 Å². The maximum atomic E-state index is 5.96. The van der Waals surface area contributed by atoms with Crippen molar-refractivity contribution in [2.75, 3.05) is 24.8 Å². The van der Waals surface area contributed by atoms with Gasteiger partial charge < -0.3 is 25.3 Å². The van der Waals surface area contributed by atoms with E-state index >= 15 is 0 Å². The van der Waals surface area contributed by atoms with Gasteiger partial charge in [0.25, 0.3) is 0 Å². The van der Waals surface area contributed by atoms with E-state index < -0.39 is 0 Å². The number of aromatic amines is 2. The fourth-order valence-corrected chi connectivity index (χ4v) is 4.23. The minimum absolute atomic E-state index is 0.269. The lowest BCUT2D eigenvalue weighted by atomic mass is 10.0. The summed E-state index contributed by atoms with van der Waals surface area (Å²) in [5, 5.41) is 2.34. The molecule has 0 unspecified atom stereocenters. The first-order chi connectivity index (χ1) is 15.5. The second-order valence-corrected chi connectivity index (χ2v) is 8.09. The first-order valence-electron chi connectivity index (χ1n) is 10.6. The molecule has 0 aliphatic rings. The number of rotatable bonds is 6. The van der Waals surface area contributed by atoms with Crippen LogP contribution in [0.4, 0.5) is 17.5 Å². The lowest BCUT2D eigenvalue weighted by Gasteiger charge is -2.21. The Morgan fingerprint density at radius 1 is 1.03 bits per heavy atom. The van der Waals surface area contributed by atoms with E-state index in [9.17, 15) is 0 Å². The van der Waals surface area contributed by atoms with Crippen LogP contribution >= 0.6 is 0 Å². The lowest BCUT2D eigenvalue weighted by molar-refractivity contribution is 0.415. The molecule has 0 atom stereocenters. The van der Waals surface area contributed by atoms with Gasteiger partial charge in [0.05, 0.1) is 7.11 Å². The Morgan fingerprint density at radius 2 is 1.84 bits per heavy atom. The van der Waals surface area contributed by atoms with E-state index in [1.54, 1.807) is 7.11 Å². The lowest BCUT2D eigenvalue weighted by Crippen LogP contribution is -2.15. The van der Waals surface area contributed by atoms with Gasteiger partial charge in [0.15, 0.2) is 0 Å². The Kier molecular flexibility index (Phi) is 4.93. The Labute approximate surface area is 186 Å². The van der Waals surface area contributed by atoms with Crippen LogP contribution in [0, 0.1) is 6.92 Å². The Morgan fingerprint density at radius 3 is 2.69 bits per heavy atom. The van der Waals surface area contributed by atoms with E-state index in [4.69, 9.17) is 10.5 Å². The summed E-state index contributed by atoms with van der Waals surface area (Å²) in [7, 11) is 3.70. The molecule has 0 saturated heterocycles. The quantitative estimate of drug-likeness (QED) is 0.359. The Balaban J connectivity index is 1.45. The number of methoxy groups -OCH3 is 1. The summed E-state index contributed by atoms with van der Waals surface area (Å²) >= 11 is 0. The maximum Gasteiger partial charge on any atom is 0.221 e. The summed E-state index contributed by atoms with van der Waals surface area (Å²) in [4.78, 5) is 17.6. The predicted molar refractivity (Wildman–Crippen MR) is 130 cm³/mol. The first kappa shape index (κ1) is 19.9. The molecular formula is C25H26N6O. The minimum Gasteiger partial charge on any atom is -0.497 e. The molecule has 0 aliphatic carbocycles. The predicted octanol–water partition coefficient (Wildman–Crippen LogP) is 4.89. The van der Waals surface area contributed by atoms with Gasteiger partial charge in [-0.15, -0.1) is 0 Å². The van der Waals surface area contributed by atoms with Gasteiger partial charge in [0.2, 0.25) is 5.95 Å². The number of nitrogens with zero attached hydrogens (tertiary/aromatic N) is 3. The van der Waals surface area contributed by atoms with Crippen molar-refractivity contribution in [1.82, 2.24) is 19.9 Å². The average Bonchev–Trinajstić information content (AvgIpc) is 3.38. The molecule has 0 fully saturated rings. The third kappa shape index (κ3) is 3.62. The number of nitrogen functional groups attached to an aromatic ring is 1. The number of hydrogen-bond acceptors (Lipinski definition) is 5. The number of aryl methyl sites for hydroxylation is 3. The number of aromatic nitrogens is 4. The van der Waals surface area contributed by atoms with Gasteiger partial charge in [-0.3, -0.25) is 0 Å².